The number of aromatic nitrogens is 3. The molecule has 8 nitrogen and oxygen atoms in total. The minimum atomic E-state index is -3.52. The first kappa shape index (κ1) is 14.9. The molecule has 2 aromatic rings. The van der Waals surface area contributed by atoms with Gasteiger partial charge in [-0.15, -0.1) is 0 Å². The Morgan fingerprint density at radius 3 is 2.59 bits per heavy atom. The minimum Gasteiger partial charge on any atom is -0.325 e. The number of fused-ring (bicyclic) bond motifs is 1. The molecule has 3 rings (SSSR count). The van der Waals surface area contributed by atoms with Crippen molar-refractivity contribution in [1.29, 1.82) is 0 Å². The van der Waals surface area contributed by atoms with Crippen LogP contribution in [0.25, 0.3) is 11.0 Å². The van der Waals surface area contributed by atoms with Gasteiger partial charge < -0.3 is 10.6 Å². The van der Waals surface area contributed by atoms with Gasteiger partial charge in [-0.2, -0.15) is 15.4 Å². The fourth-order valence-corrected chi connectivity index (χ4v) is 4.09. The van der Waals surface area contributed by atoms with Gasteiger partial charge in [0.1, 0.15) is 11.0 Å². The molecule has 1 fully saturated rings. The maximum absolute atomic E-state index is 12.6. The second kappa shape index (κ2) is 5.33. The number of amides is 1. The number of hydrogen-bond donors (Lipinski definition) is 3. The fraction of sp³-hybridized carbons (Fsp3) is 0.462. The molecule has 22 heavy (non-hydrogen) atoms. The molecule has 9 heteroatoms. The summed E-state index contributed by atoms with van der Waals surface area (Å²) in [6, 6.07) is 5.05. The maximum Gasteiger partial charge on any atom is 0.245 e. The second-order valence-electron chi connectivity index (χ2n) is 5.50. The highest BCUT2D eigenvalue weighted by Crippen LogP contribution is 2.29. The van der Waals surface area contributed by atoms with Crippen molar-refractivity contribution < 1.29 is 13.2 Å². The summed E-state index contributed by atoms with van der Waals surface area (Å²) in [5, 5.41) is 16.2. The predicted octanol–water partition coefficient (Wildman–Crippen LogP) is 0.0632. The summed E-state index contributed by atoms with van der Waals surface area (Å²) in [4.78, 5) is 12.6. The number of nitrogens with zero attached hydrogens (tertiary/aromatic N) is 2. The number of sulfone groups is 1. The van der Waals surface area contributed by atoms with Gasteiger partial charge in [0.2, 0.25) is 5.91 Å². The zero-order valence-corrected chi connectivity index (χ0v) is 12.9. The number of anilines is 1. The molecule has 0 spiro atoms. The molecule has 0 aliphatic carbocycles. The molecule has 0 unspecified atom stereocenters. The molecule has 0 bridgehead atoms. The minimum absolute atomic E-state index is 0.268. The van der Waals surface area contributed by atoms with E-state index in [0.29, 0.717) is 29.8 Å². The Kier molecular flexibility index (Phi) is 3.61. The summed E-state index contributed by atoms with van der Waals surface area (Å²) >= 11 is 0. The van der Waals surface area contributed by atoms with E-state index in [1.807, 2.05) is 0 Å². The summed E-state index contributed by atoms with van der Waals surface area (Å²) in [5.41, 5.74) is 1.79. The molecular weight excluding hydrogens is 306 g/mol. The van der Waals surface area contributed by atoms with Crippen LogP contribution in [0.2, 0.25) is 0 Å². The van der Waals surface area contributed by atoms with Gasteiger partial charge in [0.15, 0.2) is 14.6 Å². The highest BCUT2D eigenvalue weighted by Gasteiger charge is 2.48. The van der Waals surface area contributed by atoms with Crippen LogP contribution < -0.4 is 10.6 Å². The number of rotatable bonds is 3. The van der Waals surface area contributed by atoms with Gasteiger partial charge >= 0.3 is 0 Å². The number of aromatic amines is 1. The van der Waals surface area contributed by atoms with Gasteiger partial charge in [-0.05, 0) is 44.1 Å². The lowest BCUT2D eigenvalue weighted by molar-refractivity contribution is -0.119. The average molecular weight is 323 g/mol. The molecule has 0 atom stereocenters. The molecule has 1 aromatic heterocycles. The Balaban J connectivity index is 1.90. The van der Waals surface area contributed by atoms with Gasteiger partial charge in [0.05, 0.1) is 0 Å². The first-order chi connectivity index (χ1) is 10.4. The fourth-order valence-electron chi connectivity index (χ4n) is 2.76. The number of H-pyrrole nitrogens is 1. The second-order valence-corrected chi connectivity index (χ2v) is 7.82. The van der Waals surface area contributed by atoms with Gasteiger partial charge in [-0.1, -0.05) is 0 Å². The average Bonchev–Trinajstić information content (AvgIpc) is 2.94. The Morgan fingerprint density at radius 2 is 1.91 bits per heavy atom. The first-order valence-electron chi connectivity index (χ1n) is 6.95. The van der Waals surface area contributed by atoms with Crippen LogP contribution in [0.15, 0.2) is 18.2 Å². The largest absolute Gasteiger partial charge is 0.325 e. The Morgan fingerprint density at radius 1 is 1.23 bits per heavy atom. The van der Waals surface area contributed by atoms with E-state index in [9.17, 15) is 13.2 Å². The van der Waals surface area contributed by atoms with Crippen LogP contribution in [-0.4, -0.2) is 53.8 Å². The molecule has 1 aliphatic rings. The highest BCUT2D eigenvalue weighted by atomic mass is 32.2. The number of nitrogens with one attached hydrogen (secondary N) is 3. The molecule has 1 aliphatic heterocycles. The van der Waals surface area contributed by atoms with E-state index in [0.717, 1.165) is 6.26 Å². The molecule has 1 saturated heterocycles. The first-order valence-corrected chi connectivity index (χ1v) is 8.84. The third-order valence-corrected chi connectivity index (χ3v) is 6.12. The van der Waals surface area contributed by atoms with Crippen molar-refractivity contribution in [3.63, 3.8) is 0 Å². The lowest BCUT2D eigenvalue weighted by atomic mass is 9.95. The normalized spacial score (nSPS) is 18.2. The number of piperidine rings is 1. The van der Waals surface area contributed by atoms with Crippen LogP contribution in [-0.2, 0) is 14.6 Å². The highest BCUT2D eigenvalue weighted by molar-refractivity contribution is 7.92. The Labute approximate surface area is 127 Å². The van der Waals surface area contributed by atoms with E-state index in [4.69, 9.17) is 0 Å². The van der Waals surface area contributed by atoms with E-state index >= 15 is 0 Å². The van der Waals surface area contributed by atoms with Crippen molar-refractivity contribution in [2.24, 2.45) is 0 Å². The lowest BCUT2D eigenvalue weighted by Gasteiger charge is -2.34. The van der Waals surface area contributed by atoms with Crippen LogP contribution in [0.4, 0.5) is 5.69 Å². The zero-order valence-electron chi connectivity index (χ0n) is 12.1. The van der Waals surface area contributed by atoms with E-state index in [-0.39, 0.29) is 12.8 Å². The summed E-state index contributed by atoms with van der Waals surface area (Å²) in [6.45, 7) is 1.01. The molecule has 1 amide bonds. The Bertz CT molecular complexity index is 808. The van der Waals surface area contributed by atoms with Crippen molar-refractivity contribution in [3.05, 3.63) is 18.2 Å². The predicted molar refractivity (Wildman–Crippen MR) is 82.2 cm³/mol. The quantitative estimate of drug-likeness (QED) is 0.735. The molecule has 3 N–H and O–H groups in total. The van der Waals surface area contributed by atoms with Gasteiger partial charge in [0.25, 0.3) is 0 Å². The number of carbonyl (C=O) groups is 1. The standard InChI is InChI=1S/C13H17N5O3S/c1-22(20,21)13(4-6-14-7-5-13)12(19)15-9-2-3-10-11(8-9)17-18-16-10/h2-3,8,14H,4-7H2,1H3,(H,15,19)(H,16,17,18). The van der Waals surface area contributed by atoms with E-state index < -0.39 is 20.5 Å². The van der Waals surface area contributed by atoms with Crippen molar-refractivity contribution in [1.82, 2.24) is 20.7 Å². The van der Waals surface area contributed by atoms with Crippen molar-refractivity contribution in [3.8, 4) is 0 Å². The smallest absolute Gasteiger partial charge is 0.245 e. The van der Waals surface area contributed by atoms with Crippen LogP contribution >= 0.6 is 0 Å². The van der Waals surface area contributed by atoms with Crippen LogP contribution in [0, 0.1) is 0 Å². The SMILES string of the molecule is CS(=O)(=O)C1(C(=O)Nc2ccc3n[nH]nc3c2)CCNCC1. The number of carbonyl (C=O) groups excluding carboxylic acids is 1. The van der Waals surface area contributed by atoms with Crippen molar-refractivity contribution in [2.45, 2.75) is 17.6 Å². The maximum atomic E-state index is 12.6. The van der Waals surface area contributed by atoms with Gasteiger partial charge in [0, 0.05) is 11.9 Å². The molecule has 0 radical (unpaired) electrons. The van der Waals surface area contributed by atoms with Gasteiger partial charge in [-0.3, -0.25) is 4.79 Å². The molecule has 0 saturated carbocycles. The van der Waals surface area contributed by atoms with Crippen LogP contribution in [0.1, 0.15) is 12.8 Å². The van der Waals surface area contributed by atoms with Crippen LogP contribution in [0.5, 0.6) is 0 Å². The lowest BCUT2D eigenvalue weighted by Crippen LogP contribution is -2.55. The van der Waals surface area contributed by atoms with E-state index in [1.54, 1.807) is 18.2 Å². The van der Waals surface area contributed by atoms with E-state index in [1.165, 1.54) is 0 Å². The van der Waals surface area contributed by atoms with E-state index in [2.05, 4.69) is 26.0 Å². The molecule has 2 heterocycles. The van der Waals surface area contributed by atoms with Crippen molar-refractivity contribution in [2.75, 3.05) is 24.7 Å². The summed E-state index contributed by atoms with van der Waals surface area (Å²) in [5.74, 6) is -0.487. The third kappa shape index (κ3) is 2.46. The summed E-state index contributed by atoms with van der Waals surface area (Å²) < 4.78 is 23.0. The molecule has 1 aromatic carbocycles. The van der Waals surface area contributed by atoms with Gasteiger partial charge in [-0.25, -0.2) is 8.42 Å². The van der Waals surface area contributed by atoms with Crippen LogP contribution in [0.3, 0.4) is 0 Å². The van der Waals surface area contributed by atoms with Crippen molar-refractivity contribution >= 4 is 32.5 Å². The number of hydrogen-bond acceptors (Lipinski definition) is 6. The topological polar surface area (TPSA) is 117 Å². The third-order valence-electron chi connectivity index (χ3n) is 4.11. The Hall–Kier alpha value is -2.00. The molecular formula is C13H17N5O3S. The number of benzene rings is 1. The summed E-state index contributed by atoms with van der Waals surface area (Å²) in [7, 11) is -3.52. The monoisotopic (exact) mass is 323 g/mol. The summed E-state index contributed by atoms with van der Waals surface area (Å²) in [6.07, 6.45) is 1.66. The molecule has 118 valence electrons. The zero-order chi connectivity index (χ0) is 15.8.